The Labute approximate surface area is 147 Å². The number of halogens is 2. The lowest BCUT2D eigenvalue weighted by Crippen LogP contribution is -2.12. The Kier molecular flexibility index (Phi) is 4.69. The second kappa shape index (κ2) is 6.90. The molecular formula is C16H12Cl2N4O2. The molecule has 0 saturated heterocycles. The number of rotatable bonds is 4. The number of nitrogens with one attached hydrogen (secondary N) is 2. The molecule has 0 bridgehead atoms. The van der Waals surface area contributed by atoms with Crippen molar-refractivity contribution in [2.24, 2.45) is 0 Å². The van der Waals surface area contributed by atoms with Gasteiger partial charge in [0.15, 0.2) is 5.82 Å². The average Bonchev–Trinajstić information content (AvgIpc) is 2.96. The first kappa shape index (κ1) is 16.3. The second-order valence-electron chi connectivity index (χ2n) is 4.96. The zero-order valence-electron chi connectivity index (χ0n) is 12.5. The molecule has 0 fully saturated rings. The van der Waals surface area contributed by atoms with Gasteiger partial charge in [-0.15, -0.1) is 0 Å². The van der Waals surface area contributed by atoms with Crippen molar-refractivity contribution in [3.05, 3.63) is 64.0 Å². The Morgan fingerprint density at radius 2 is 1.96 bits per heavy atom. The largest absolute Gasteiger partial charge is 0.360 e. The van der Waals surface area contributed by atoms with Crippen molar-refractivity contribution in [2.45, 2.75) is 6.92 Å². The van der Waals surface area contributed by atoms with E-state index in [1.807, 2.05) is 0 Å². The summed E-state index contributed by atoms with van der Waals surface area (Å²) in [4.78, 5) is 16.3. The average molecular weight is 363 g/mol. The van der Waals surface area contributed by atoms with Crippen LogP contribution in [0.25, 0.3) is 0 Å². The number of pyridine rings is 1. The molecule has 8 heteroatoms. The molecule has 0 radical (unpaired) electrons. The molecular weight excluding hydrogens is 351 g/mol. The number of amides is 1. The Hall–Kier alpha value is -2.57. The van der Waals surface area contributed by atoms with Crippen molar-refractivity contribution < 1.29 is 9.32 Å². The number of aromatic nitrogens is 2. The van der Waals surface area contributed by atoms with E-state index in [-0.39, 0.29) is 5.91 Å². The molecule has 24 heavy (non-hydrogen) atoms. The monoisotopic (exact) mass is 362 g/mol. The number of hydrogen-bond donors (Lipinski definition) is 2. The molecule has 3 aromatic rings. The van der Waals surface area contributed by atoms with Crippen LogP contribution in [0.3, 0.4) is 0 Å². The van der Waals surface area contributed by atoms with Crippen molar-refractivity contribution in [3.8, 4) is 0 Å². The molecule has 3 rings (SSSR count). The van der Waals surface area contributed by atoms with Crippen molar-refractivity contribution in [3.63, 3.8) is 0 Å². The Morgan fingerprint density at radius 3 is 2.62 bits per heavy atom. The molecule has 1 aromatic carbocycles. The third-order valence-corrected chi connectivity index (χ3v) is 3.65. The van der Waals surface area contributed by atoms with Gasteiger partial charge in [0.2, 0.25) is 0 Å². The predicted octanol–water partition coefficient (Wildman–Crippen LogP) is 4.68. The lowest BCUT2D eigenvalue weighted by molar-refractivity contribution is 0.102. The number of benzene rings is 1. The topological polar surface area (TPSA) is 80.0 Å². The highest BCUT2D eigenvalue weighted by Crippen LogP contribution is 2.27. The minimum absolute atomic E-state index is 0.330. The van der Waals surface area contributed by atoms with E-state index < -0.39 is 0 Å². The van der Waals surface area contributed by atoms with Gasteiger partial charge in [-0.1, -0.05) is 28.4 Å². The van der Waals surface area contributed by atoms with E-state index in [1.54, 1.807) is 43.3 Å². The number of aryl methyl sites for hydroxylation is 1. The van der Waals surface area contributed by atoms with Gasteiger partial charge in [0, 0.05) is 17.3 Å². The summed E-state index contributed by atoms with van der Waals surface area (Å²) in [5.74, 6) is 1.17. The van der Waals surface area contributed by atoms with Gasteiger partial charge in [-0.2, -0.15) is 0 Å². The molecule has 1 amide bonds. The summed E-state index contributed by atoms with van der Waals surface area (Å²) < 4.78 is 4.89. The summed E-state index contributed by atoms with van der Waals surface area (Å²) in [5.41, 5.74) is 1.02. The summed E-state index contributed by atoms with van der Waals surface area (Å²) >= 11 is 12.0. The van der Waals surface area contributed by atoms with Gasteiger partial charge < -0.3 is 15.2 Å². The zero-order chi connectivity index (χ0) is 17.1. The van der Waals surface area contributed by atoms with E-state index >= 15 is 0 Å². The predicted molar refractivity (Wildman–Crippen MR) is 93.2 cm³/mol. The highest BCUT2D eigenvalue weighted by atomic mass is 35.5. The smallest absolute Gasteiger partial charge is 0.258 e. The van der Waals surface area contributed by atoms with Gasteiger partial charge in [-0.3, -0.25) is 4.79 Å². The molecule has 2 aromatic heterocycles. The van der Waals surface area contributed by atoms with Crippen molar-refractivity contribution >= 4 is 46.4 Å². The van der Waals surface area contributed by atoms with Gasteiger partial charge in [0.25, 0.3) is 5.91 Å². The number of hydrogen-bond acceptors (Lipinski definition) is 5. The Bertz CT molecular complexity index is 878. The van der Waals surface area contributed by atoms with Crippen LogP contribution in [-0.4, -0.2) is 16.0 Å². The summed E-state index contributed by atoms with van der Waals surface area (Å²) in [7, 11) is 0. The lowest BCUT2D eigenvalue weighted by Gasteiger charge is -2.08. The van der Waals surface area contributed by atoms with Crippen LogP contribution >= 0.6 is 23.2 Å². The molecule has 2 heterocycles. The van der Waals surface area contributed by atoms with Crippen LogP contribution < -0.4 is 10.6 Å². The highest BCUT2D eigenvalue weighted by Gasteiger charge is 2.10. The summed E-state index contributed by atoms with van der Waals surface area (Å²) in [6, 6.07) is 10.0. The van der Waals surface area contributed by atoms with Gasteiger partial charge >= 0.3 is 0 Å². The molecule has 0 atom stereocenters. The molecule has 0 spiro atoms. The molecule has 2 N–H and O–H groups in total. The molecule has 122 valence electrons. The van der Waals surface area contributed by atoms with E-state index in [2.05, 4.69) is 20.8 Å². The van der Waals surface area contributed by atoms with Gasteiger partial charge in [-0.25, -0.2) is 4.98 Å². The molecule has 6 nitrogen and oxygen atoms in total. The second-order valence-corrected chi connectivity index (χ2v) is 5.80. The third kappa shape index (κ3) is 3.84. The fourth-order valence-electron chi connectivity index (χ4n) is 1.95. The van der Waals surface area contributed by atoms with E-state index in [4.69, 9.17) is 27.7 Å². The molecule has 0 aliphatic heterocycles. The number of carbonyl (C=O) groups excluding carboxylic acids is 1. The Morgan fingerprint density at radius 1 is 1.12 bits per heavy atom. The highest BCUT2D eigenvalue weighted by molar-refractivity contribution is 6.35. The quantitative estimate of drug-likeness (QED) is 0.704. The first-order valence-electron chi connectivity index (χ1n) is 6.94. The molecule has 0 aliphatic rings. The van der Waals surface area contributed by atoms with Crippen molar-refractivity contribution in [1.82, 2.24) is 10.1 Å². The van der Waals surface area contributed by atoms with Crippen LogP contribution in [0.1, 0.15) is 16.1 Å². The van der Waals surface area contributed by atoms with Crippen LogP contribution in [0.15, 0.2) is 47.1 Å². The van der Waals surface area contributed by atoms with Crippen LogP contribution in [0.2, 0.25) is 10.0 Å². The normalized spacial score (nSPS) is 10.5. The van der Waals surface area contributed by atoms with Crippen LogP contribution in [0.5, 0.6) is 0 Å². The first-order chi connectivity index (χ1) is 11.5. The van der Waals surface area contributed by atoms with Crippen molar-refractivity contribution in [2.75, 3.05) is 10.6 Å². The van der Waals surface area contributed by atoms with Crippen molar-refractivity contribution in [1.29, 1.82) is 0 Å². The molecule has 0 aliphatic carbocycles. The minimum Gasteiger partial charge on any atom is -0.360 e. The number of carbonyl (C=O) groups is 1. The van der Waals surface area contributed by atoms with Gasteiger partial charge in [0.1, 0.15) is 11.6 Å². The molecule has 0 saturated carbocycles. The van der Waals surface area contributed by atoms with Gasteiger partial charge in [0.05, 0.1) is 16.3 Å². The van der Waals surface area contributed by atoms with E-state index in [0.29, 0.717) is 38.7 Å². The summed E-state index contributed by atoms with van der Waals surface area (Å²) in [6.07, 6.45) is 1.45. The van der Waals surface area contributed by atoms with Crippen LogP contribution in [0.4, 0.5) is 17.3 Å². The standard InChI is InChI=1S/C16H12Cl2N4O2/c1-9-6-15(22-24-9)21-16(23)10-2-5-14(19-8-10)20-13-7-11(17)3-4-12(13)18/h2-8H,1H3,(H,19,20)(H,21,22,23). The van der Waals surface area contributed by atoms with E-state index in [0.717, 1.165) is 0 Å². The van der Waals surface area contributed by atoms with Gasteiger partial charge in [-0.05, 0) is 37.3 Å². The maximum absolute atomic E-state index is 12.1. The van der Waals surface area contributed by atoms with E-state index in [1.165, 1.54) is 6.20 Å². The summed E-state index contributed by atoms with van der Waals surface area (Å²) in [5, 5.41) is 10.4. The number of nitrogens with zero attached hydrogens (tertiary/aromatic N) is 2. The number of anilines is 3. The first-order valence-corrected chi connectivity index (χ1v) is 7.69. The fraction of sp³-hybridized carbons (Fsp3) is 0.0625. The van der Waals surface area contributed by atoms with Crippen LogP contribution in [-0.2, 0) is 0 Å². The molecule has 0 unspecified atom stereocenters. The van der Waals surface area contributed by atoms with Crippen LogP contribution in [0, 0.1) is 6.92 Å². The lowest BCUT2D eigenvalue weighted by atomic mass is 10.2. The zero-order valence-corrected chi connectivity index (χ0v) is 14.0. The van der Waals surface area contributed by atoms with E-state index in [9.17, 15) is 4.79 Å². The summed E-state index contributed by atoms with van der Waals surface area (Å²) in [6.45, 7) is 1.74. The SMILES string of the molecule is Cc1cc(NC(=O)c2ccc(Nc3cc(Cl)ccc3Cl)nc2)no1. The maximum atomic E-state index is 12.1. The minimum atomic E-state index is -0.330. The fourth-order valence-corrected chi connectivity index (χ4v) is 2.28. The third-order valence-electron chi connectivity index (χ3n) is 3.09. The Balaban J connectivity index is 1.71. The maximum Gasteiger partial charge on any atom is 0.258 e.